The SMILES string of the molecule is CCC1(C)/C(=C\C(C)=O)CCC2CCCC(C(C)=O)C(C)CC[C@H]1C2. The van der Waals surface area contributed by atoms with Gasteiger partial charge in [-0.2, -0.15) is 0 Å². The van der Waals surface area contributed by atoms with Crippen molar-refractivity contribution in [3.8, 4) is 0 Å². The van der Waals surface area contributed by atoms with Gasteiger partial charge < -0.3 is 0 Å². The molecule has 0 aromatic heterocycles. The Morgan fingerprint density at radius 3 is 2.44 bits per heavy atom. The van der Waals surface area contributed by atoms with E-state index in [1.807, 2.05) is 6.08 Å². The predicted molar refractivity (Wildman–Crippen MR) is 104 cm³/mol. The number of hydrogen-bond donors (Lipinski definition) is 0. The number of carbonyl (C=O) groups excluding carboxylic acids is 2. The van der Waals surface area contributed by atoms with Gasteiger partial charge in [0.1, 0.15) is 5.78 Å². The fourth-order valence-electron chi connectivity index (χ4n) is 5.56. The summed E-state index contributed by atoms with van der Waals surface area (Å²) in [5.74, 6) is 2.71. The second kappa shape index (κ2) is 8.64. The lowest BCUT2D eigenvalue weighted by atomic mass is 9.65. The van der Waals surface area contributed by atoms with Crippen molar-refractivity contribution in [3.63, 3.8) is 0 Å². The van der Waals surface area contributed by atoms with Crippen LogP contribution in [0.25, 0.3) is 0 Å². The summed E-state index contributed by atoms with van der Waals surface area (Å²) < 4.78 is 0. The lowest BCUT2D eigenvalue weighted by molar-refractivity contribution is -0.122. The van der Waals surface area contributed by atoms with Crippen LogP contribution in [0.5, 0.6) is 0 Å². The van der Waals surface area contributed by atoms with Crippen molar-refractivity contribution in [2.75, 3.05) is 0 Å². The van der Waals surface area contributed by atoms with Crippen LogP contribution >= 0.6 is 0 Å². The smallest absolute Gasteiger partial charge is 0.152 e. The molecule has 0 aromatic carbocycles. The summed E-state index contributed by atoms with van der Waals surface area (Å²) in [7, 11) is 0. The first-order valence-electron chi connectivity index (χ1n) is 10.5. The van der Waals surface area contributed by atoms with Crippen LogP contribution in [0.2, 0.25) is 0 Å². The first kappa shape index (κ1) is 20.4. The highest BCUT2D eigenvalue weighted by Crippen LogP contribution is 2.51. The number of hydrogen-bond acceptors (Lipinski definition) is 2. The lowest BCUT2D eigenvalue weighted by Gasteiger charge is -2.40. The predicted octanol–water partition coefficient (Wildman–Crippen LogP) is 6.14. The Morgan fingerprint density at radius 2 is 1.84 bits per heavy atom. The summed E-state index contributed by atoms with van der Waals surface area (Å²) in [6.45, 7) is 10.4. The van der Waals surface area contributed by atoms with Crippen LogP contribution in [-0.4, -0.2) is 11.6 Å². The van der Waals surface area contributed by atoms with E-state index in [-0.39, 0.29) is 17.1 Å². The molecule has 0 N–H and O–H groups in total. The largest absolute Gasteiger partial charge is 0.300 e. The number of fused-ring (bicyclic) bond motifs is 2. The molecule has 0 aromatic rings. The van der Waals surface area contributed by atoms with E-state index < -0.39 is 0 Å². The van der Waals surface area contributed by atoms with Gasteiger partial charge in [0.15, 0.2) is 5.78 Å². The molecular formula is C23H38O2. The molecule has 4 unspecified atom stereocenters. The molecule has 2 nitrogen and oxygen atoms in total. The summed E-state index contributed by atoms with van der Waals surface area (Å²) in [4.78, 5) is 23.9. The second-order valence-corrected chi connectivity index (χ2v) is 9.09. The maximum atomic E-state index is 12.1. The molecular weight excluding hydrogens is 308 g/mol. The fourth-order valence-corrected chi connectivity index (χ4v) is 5.56. The molecule has 0 aliphatic heterocycles. The minimum absolute atomic E-state index is 0.144. The number of ketones is 2. The van der Waals surface area contributed by atoms with Crippen molar-refractivity contribution in [1.82, 2.24) is 0 Å². The molecule has 2 bridgehead atoms. The van der Waals surface area contributed by atoms with Crippen molar-refractivity contribution in [2.24, 2.45) is 29.1 Å². The summed E-state index contributed by atoms with van der Waals surface area (Å²) in [5.41, 5.74) is 1.54. The summed E-state index contributed by atoms with van der Waals surface area (Å²) in [6.07, 6.45) is 12.5. The topological polar surface area (TPSA) is 34.1 Å². The Bertz CT molecular complexity index is 518. The number of allylic oxidation sites excluding steroid dienone is 2. The Morgan fingerprint density at radius 1 is 1.12 bits per heavy atom. The van der Waals surface area contributed by atoms with Crippen molar-refractivity contribution in [1.29, 1.82) is 0 Å². The molecule has 0 amide bonds. The summed E-state index contributed by atoms with van der Waals surface area (Å²) >= 11 is 0. The minimum Gasteiger partial charge on any atom is -0.300 e. The van der Waals surface area contributed by atoms with Crippen molar-refractivity contribution in [3.05, 3.63) is 11.6 Å². The van der Waals surface area contributed by atoms with E-state index in [9.17, 15) is 9.59 Å². The maximum Gasteiger partial charge on any atom is 0.152 e. The monoisotopic (exact) mass is 346 g/mol. The number of rotatable bonds is 3. The van der Waals surface area contributed by atoms with E-state index in [0.29, 0.717) is 17.6 Å². The lowest BCUT2D eigenvalue weighted by Crippen LogP contribution is -2.31. The first-order valence-corrected chi connectivity index (χ1v) is 10.5. The van der Waals surface area contributed by atoms with Crippen LogP contribution in [0.15, 0.2) is 11.6 Å². The minimum atomic E-state index is 0.144. The third-order valence-corrected chi connectivity index (χ3v) is 7.49. The van der Waals surface area contributed by atoms with Gasteiger partial charge in [-0.15, -0.1) is 0 Å². The molecule has 2 saturated carbocycles. The fraction of sp³-hybridized carbons (Fsp3) is 0.826. The van der Waals surface area contributed by atoms with Gasteiger partial charge in [-0.05, 0) is 88.0 Å². The van der Waals surface area contributed by atoms with Gasteiger partial charge in [0.2, 0.25) is 0 Å². The highest BCUT2D eigenvalue weighted by atomic mass is 16.1. The van der Waals surface area contributed by atoms with Crippen LogP contribution < -0.4 is 0 Å². The standard InChI is InChI=1S/C23H38O2/c1-6-23(5)20(14-17(3)24)13-11-19-8-7-9-22(18(4)25)16(2)10-12-21(23)15-19/h14,16,19,21-22H,6-13,15H2,1-5H3/b20-14-/t16?,19?,21-,22?,23?/m0/s1. The van der Waals surface area contributed by atoms with E-state index in [1.54, 1.807) is 13.8 Å². The van der Waals surface area contributed by atoms with Gasteiger partial charge in [-0.1, -0.05) is 39.2 Å². The second-order valence-electron chi connectivity index (χ2n) is 9.09. The molecule has 2 fully saturated rings. The third-order valence-electron chi connectivity index (χ3n) is 7.49. The van der Waals surface area contributed by atoms with Crippen LogP contribution in [0, 0.1) is 29.1 Å². The Labute approximate surface area is 154 Å². The average Bonchev–Trinajstić information content (AvgIpc) is 2.67. The molecule has 142 valence electrons. The Balaban J connectivity index is 2.32. The quantitative estimate of drug-likeness (QED) is 0.575. The average molecular weight is 347 g/mol. The van der Waals surface area contributed by atoms with E-state index in [0.717, 1.165) is 31.6 Å². The molecule has 0 heterocycles. The Hall–Kier alpha value is -0.920. The molecule has 2 aliphatic carbocycles. The summed E-state index contributed by atoms with van der Waals surface area (Å²) in [5, 5.41) is 0. The molecule has 0 spiro atoms. The maximum absolute atomic E-state index is 12.1. The van der Waals surface area contributed by atoms with Crippen molar-refractivity contribution < 1.29 is 9.59 Å². The molecule has 2 aliphatic rings. The first-order chi connectivity index (χ1) is 11.8. The van der Waals surface area contributed by atoms with E-state index in [2.05, 4.69) is 20.8 Å². The van der Waals surface area contributed by atoms with Gasteiger partial charge in [-0.25, -0.2) is 0 Å². The van der Waals surface area contributed by atoms with Crippen LogP contribution in [-0.2, 0) is 9.59 Å². The van der Waals surface area contributed by atoms with Crippen LogP contribution in [0.4, 0.5) is 0 Å². The highest BCUT2D eigenvalue weighted by molar-refractivity contribution is 5.88. The molecule has 5 atom stereocenters. The number of carbonyl (C=O) groups is 2. The van der Waals surface area contributed by atoms with Crippen LogP contribution in [0.3, 0.4) is 0 Å². The van der Waals surface area contributed by atoms with E-state index in [4.69, 9.17) is 0 Å². The van der Waals surface area contributed by atoms with Gasteiger partial charge >= 0.3 is 0 Å². The molecule has 25 heavy (non-hydrogen) atoms. The third kappa shape index (κ3) is 4.83. The van der Waals surface area contributed by atoms with Gasteiger partial charge in [0, 0.05) is 5.92 Å². The van der Waals surface area contributed by atoms with Crippen LogP contribution in [0.1, 0.15) is 92.4 Å². The summed E-state index contributed by atoms with van der Waals surface area (Å²) in [6, 6.07) is 0. The normalized spacial score (nSPS) is 38.8. The van der Waals surface area contributed by atoms with E-state index >= 15 is 0 Å². The van der Waals surface area contributed by atoms with Gasteiger partial charge in [0.25, 0.3) is 0 Å². The molecule has 2 heteroatoms. The zero-order valence-electron chi connectivity index (χ0n) is 17.1. The van der Waals surface area contributed by atoms with Gasteiger partial charge in [0.05, 0.1) is 0 Å². The van der Waals surface area contributed by atoms with Crippen molar-refractivity contribution >= 4 is 11.6 Å². The van der Waals surface area contributed by atoms with Gasteiger partial charge in [-0.3, -0.25) is 9.59 Å². The molecule has 0 radical (unpaired) electrons. The number of Topliss-reactive ketones (excluding diaryl/α,β-unsaturated/α-hetero) is 1. The molecule has 0 saturated heterocycles. The van der Waals surface area contributed by atoms with Crippen molar-refractivity contribution in [2.45, 2.75) is 92.4 Å². The molecule has 2 rings (SSSR count). The zero-order valence-corrected chi connectivity index (χ0v) is 17.1. The van der Waals surface area contributed by atoms with E-state index in [1.165, 1.54) is 37.7 Å². The highest BCUT2D eigenvalue weighted by Gasteiger charge is 2.40. The zero-order chi connectivity index (χ0) is 18.6. The Kier molecular flexibility index (Phi) is 7.05.